The molecule has 6 N–H and O–H groups in total. The van der Waals surface area contributed by atoms with Crippen molar-refractivity contribution in [3.8, 4) is 11.5 Å². The number of benzene rings is 2. The molecule has 0 saturated heterocycles. The first-order valence-corrected chi connectivity index (χ1v) is 7.76. The van der Waals surface area contributed by atoms with Gasteiger partial charge in [-0.15, -0.1) is 0 Å². The molecule has 0 atom stereocenters. The second-order valence-electron chi connectivity index (χ2n) is 5.96. The molecule has 7 nitrogen and oxygen atoms in total. The van der Waals surface area contributed by atoms with Crippen molar-refractivity contribution < 1.29 is 4.42 Å². The SMILES string of the molecule is Cc1cc(C)c2oc(-c3ccc(C)c(N=C(N)N=C(N)N)c3)nc2c1. The first-order chi connectivity index (χ1) is 11.8. The van der Waals surface area contributed by atoms with Crippen LogP contribution in [-0.2, 0) is 0 Å². The largest absolute Gasteiger partial charge is 0.436 e. The van der Waals surface area contributed by atoms with Crippen LogP contribution >= 0.6 is 0 Å². The maximum atomic E-state index is 5.95. The normalized spacial score (nSPS) is 11.7. The van der Waals surface area contributed by atoms with Gasteiger partial charge < -0.3 is 21.6 Å². The predicted octanol–water partition coefficient (Wildman–Crippen LogP) is 2.64. The van der Waals surface area contributed by atoms with E-state index in [0.717, 1.165) is 33.4 Å². The minimum absolute atomic E-state index is 0.00992. The third-order valence-electron chi connectivity index (χ3n) is 3.75. The van der Waals surface area contributed by atoms with E-state index in [9.17, 15) is 0 Å². The number of nitrogens with two attached hydrogens (primary N) is 3. The molecular weight excluding hydrogens is 316 g/mol. The lowest BCUT2D eigenvalue weighted by Gasteiger charge is -2.03. The summed E-state index contributed by atoms with van der Waals surface area (Å²) < 4.78 is 5.95. The van der Waals surface area contributed by atoms with Gasteiger partial charge in [-0.25, -0.2) is 9.98 Å². The summed E-state index contributed by atoms with van der Waals surface area (Å²) >= 11 is 0. The molecular formula is C18H20N6O. The fraction of sp³-hybridized carbons (Fsp3) is 0.167. The Morgan fingerprint density at radius 1 is 1.00 bits per heavy atom. The number of guanidine groups is 2. The molecule has 0 aliphatic carbocycles. The Balaban J connectivity index is 2.08. The topological polar surface area (TPSA) is 129 Å². The number of aliphatic imine (C=N–C) groups is 2. The molecule has 0 radical (unpaired) electrons. The molecule has 0 amide bonds. The third kappa shape index (κ3) is 3.45. The van der Waals surface area contributed by atoms with Crippen LogP contribution in [-0.4, -0.2) is 16.9 Å². The molecule has 0 bridgehead atoms. The smallest absolute Gasteiger partial charge is 0.227 e. The Morgan fingerprint density at radius 3 is 2.48 bits per heavy atom. The summed E-state index contributed by atoms with van der Waals surface area (Å²) in [7, 11) is 0. The molecule has 0 fully saturated rings. The van der Waals surface area contributed by atoms with Crippen molar-refractivity contribution in [1.29, 1.82) is 0 Å². The Morgan fingerprint density at radius 2 is 1.76 bits per heavy atom. The molecule has 128 valence electrons. The molecule has 0 unspecified atom stereocenters. The maximum absolute atomic E-state index is 5.95. The van der Waals surface area contributed by atoms with Crippen molar-refractivity contribution in [3.63, 3.8) is 0 Å². The molecule has 3 aromatic rings. The van der Waals surface area contributed by atoms with E-state index in [1.807, 2.05) is 45.0 Å². The zero-order valence-corrected chi connectivity index (χ0v) is 14.4. The minimum Gasteiger partial charge on any atom is -0.436 e. The zero-order valence-electron chi connectivity index (χ0n) is 14.4. The van der Waals surface area contributed by atoms with Crippen LogP contribution in [0.25, 0.3) is 22.6 Å². The van der Waals surface area contributed by atoms with E-state index >= 15 is 0 Å². The van der Waals surface area contributed by atoms with Gasteiger partial charge in [-0.2, -0.15) is 4.99 Å². The van der Waals surface area contributed by atoms with Crippen molar-refractivity contribution >= 4 is 28.7 Å². The van der Waals surface area contributed by atoms with Crippen molar-refractivity contribution in [2.24, 2.45) is 27.2 Å². The number of rotatable bonds is 2. The fourth-order valence-electron chi connectivity index (χ4n) is 2.64. The highest BCUT2D eigenvalue weighted by atomic mass is 16.3. The minimum atomic E-state index is -0.139. The molecule has 2 aromatic carbocycles. The number of fused-ring (bicyclic) bond motifs is 1. The number of oxazole rings is 1. The Hall–Kier alpha value is -3.35. The lowest BCUT2D eigenvalue weighted by atomic mass is 10.1. The Bertz CT molecular complexity index is 1010. The summed E-state index contributed by atoms with van der Waals surface area (Å²) in [6.45, 7) is 5.96. The van der Waals surface area contributed by atoms with Gasteiger partial charge in [-0.3, -0.25) is 0 Å². The number of hydrogen-bond acceptors (Lipinski definition) is 3. The van der Waals surface area contributed by atoms with E-state index in [2.05, 4.69) is 21.0 Å². The van der Waals surface area contributed by atoms with Crippen LogP contribution in [0, 0.1) is 20.8 Å². The standard InChI is InChI=1S/C18H20N6O/c1-9-6-11(3)15-14(7-9)22-16(25-15)12-5-4-10(2)13(8-12)23-18(21)24-17(19)20/h4-8H,1-3H3,(H6,19,20,21,23,24). The highest BCUT2D eigenvalue weighted by molar-refractivity contribution is 5.94. The molecule has 1 heterocycles. The van der Waals surface area contributed by atoms with Crippen LogP contribution in [0.3, 0.4) is 0 Å². The van der Waals surface area contributed by atoms with E-state index in [-0.39, 0.29) is 11.9 Å². The van der Waals surface area contributed by atoms with Crippen molar-refractivity contribution in [2.75, 3.05) is 0 Å². The van der Waals surface area contributed by atoms with Gasteiger partial charge in [0.15, 0.2) is 11.5 Å². The fourth-order valence-corrected chi connectivity index (χ4v) is 2.64. The second-order valence-corrected chi connectivity index (χ2v) is 5.96. The average Bonchev–Trinajstić information content (AvgIpc) is 2.92. The van der Waals surface area contributed by atoms with E-state index in [1.54, 1.807) is 0 Å². The van der Waals surface area contributed by atoms with Gasteiger partial charge >= 0.3 is 0 Å². The van der Waals surface area contributed by atoms with Gasteiger partial charge in [0.05, 0.1) is 5.69 Å². The van der Waals surface area contributed by atoms with Crippen LogP contribution in [0.15, 0.2) is 44.7 Å². The van der Waals surface area contributed by atoms with Crippen molar-refractivity contribution in [2.45, 2.75) is 20.8 Å². The van der Waals surface area contributed by atoms with Gasteiger partial charge in [0.25, 0.3) is 0 Å². The molecule has 0 spiro atoms. The number of aryl methyl sites for hydroxylation is 3. The first kappa shape index (κ1) is 16.5. The summed E-state index contributed by atoms with van der Waals surface area (Å²) in [4.78, 5) is 12.6. The molecule has 0 aliphatic rings. The molecule has 1 aromatic heterocycles. The van der Waals surface area contributed by atoms with E-state index in [1.165, 1.54) is 0 Å². The summed E-state index contributed by atoms with van der Waals surface area (Å²) in [6.07, 6.45) is 0. The number of hydrogen-bond donors (Lipinski definition) is 3. The third-order valence-corrected chi connectivity index (χ3v) is 3.75. The molecule has 3 rings (SSSR count). The predicted molar refractivity (Wildman–Crippen MR) is 101 cm³/mol. The molecule has 7 heteroatoms. The molecule has 0 aliphatic heterocycles. The first-order valence-electron chi connectivity index (χ1n) is 7.76. The second kappa shape index (κ2) is 6.27. The lowest BCUT2D eigenvalue weighted by molar-refractivity contribution is 0.617. The summed E-state index contributed by atoms with van der Waals surface area (Å²) in [6, 6.07) is 9.76. The van der Waals surface area contributed by atoms with E-state index in [4.69, 9.17) is 21.6 Å². The van der Waals surface area contributed by atoms with Gasteiger partial charge in [0.1, 0.15) is 5.52 Å². The molecule has 0 saturated carbocycles. The highest BCUT2D eigenvalue weighted by Gasteiger charge is 2.12. The zero-order chi connectivity index (χ0) is 18.1. The van der Waals surface area contributed by atoms with Gasteiger partial charge in [-0.05, 0) is 55.7 Å². The van der Waals surface area contributed by atoms with Crippen LogP contribution in [0.2, 0.25) is 0 Å². The maximum Gasteiger partial charge on any atom is 0.227 e. The van der Waals surface area contributed by atoms with Crippen LogP contribution in [0.1, 0.15) is 16.7 Å². The Labute approximate surface area is 145 Å². The molecule has 25 heavy (non-hydrogen) atoms. The van der Waals surface area contributed by atoms with Crippen molar-refractivity contribution in [1.82, 2.24) is 4.98 Å². The quantitative estimate of drug-likeness (QED) is 0.489. The van der Waals surface area contributed by atoms with Crippen molar-refractivity contribution in [3.05, 3.63) is 47.0 Å². The van der Waals surface area contributed by atoms with E-state index < -0.39 is 0 Å². The van der Waals surface area contributed by atoms with Gasteiger partial charge in [-0.1, -0.05) is 12.1 Å². The monoisotopic (exact) mass is 336 g/mol. The average molecular weight is 336 g/mol. The summed E-state index contributed by atoms with van der Waals surface area (Å²) in [5.41, 5.74) is 22.6. The van der Waals surface area contributed by atoms with Gasteiger partial charge in [0.2, 0.25) is 11.9 Å². The Kier molecular flexibility index (Phi) is 4.14. The summed E-state index contributed by atoms with van der Waals surface area (Å²) in [5.74, 6) is 0.379. The van der Waals surface area contributed by atoms with Gasteiger partial charge in [0, 0.05) is 5.56 Å². The van der Waals surface area contributed by atoms with Crippen LogP contribution < -0.4 is 17.2 Å². The number of aromatic nitrogens is 1. The van der Waals surface area contributed by atoms with Crippen LogP contribution in [0.5, 0.6) is 0 Å². The van der Waals surface area contributed by atoms with E-state index in [0.29, 0.717) is 11.6 Å². The highest BCUT2D eigenvalue weighted by Crippen LogP contribution is 2.30. The van der Waals surface area contributed by atoms with Crippen LogP contribution in [0.4, 0.5) is 5.69 Å². The number of nitrogens with zero attached hydrogens (tertiary/aromatic N) is 3. The summed E-state index contributed by atoms with van der Waals surface area (Å²) in [5, 5.41) is 0. The lowest BCUT2D eigenvalue weighted by Crippen LogP contribution is -2.26.